The maximum Gasteiger partial charge on any atom is 0.293 e. The second kappa shape index (κ2) is 7.73. The fourth-order valence-electron chi connectivity index (χ4n) is 2.89. The van der Waals surface area contributed by atoms with Crippen LogP contribution < -0.4 is 10.9 Å². The number of hydrogen-bond donors (Lipinski definition) is 1. The van der Waals surface area contributed by atoms with Gasteiger partial charge in [0.2, 0.25) is 5.91 Å². The molecule has 142 valence electrons. The van der Waals surface area contributed by atoms with Crippen LogP contribution in [0.5, 0.6) is 0 Å². The number of carbonyl (C=O) groups is 1. The van der Waals surface area contributed by atoms with Gasteiger partial charge >= 0.3 is 0 Å². The van der Waals surface area contributed by atoms with Crippen LogP contribution in [0.4, 0.5) is 0 Å². The van der Waals surface area contributed by atoms with Crippen molar-refractivity contribution in [3.63, 3.8) is 0 Å². The molecule has 2 aromatic heterocycles. The molecular formula is C20H25N5O2. The molecule has 1 aromatic carbocycles. The lowest BCUT2D eigenvalue weighted by Gasteiger charge is -2.12. The zero-order chi connectivity index (χ0) is 19.6. The molecule has 0 saturated heterocycles. The van der Waals surface area contributed by atoms with E-state index in [9.17, 15) is 9.59 Å². The standard InChI is InChI=1S/C20H25N5O2/c1-5-13(3)21-19(26)12-24-20(27)18-11-17(23-25(18)14(4)22-24)16-9-7-15(6-2)8-10-16/h7-11,13H,5-6,12H2,1-4H3,(H,21,26). The normalized spacial score (nSPS) is 12.3. The number of fused-ring (bicyclic) bond motifs is 1. The van der Waals surface area contributed by atoms with Gasteiger partial charge in [-0.05, 0) is 38.3 Å². The lowest BCUT2D eigenvalue weighted by Crippen LogP contribution is -2.38. The summed E-state index contributed by atoms with van der Waals surface area (Å²) < 4.78 is 2.74. The molecule has 0 fully saturated rings. The van der Waals surface area contributed by atoms with Crippen LogP contribution in [-0.2, 0) is 17.8 Å². The molecule has 2 heterocycles. The van der Waals surface area contributed by atoms with Gasteiger partial charge in [0, 0.05) is 11.6 Å². The molecule has 0 spiro atoms. The summed E-state index contributed by atoms with van der Waals surface area (Å²) in [5, 5.41) is 11.6. The average molecular weight is 367 g/mol. The van der Waals surface area contributed by atoms with E-state index in [1.807, 2.05) is 26.0 Å². The Hall–Kier alpha value is -2.96. The molecule has 3 rings (SSSR count). The Morgan fingerprint density at radius 3 is 2.52 bits per heavy atom. The van der Waals surface area contributed by atoms with Gasteiger partial charge in [-0.25, -0.2) is 9.20 Å². The Labute approximate surface area is 158 Å². The van der Waals surface area contributed by atoms with Crippen molar-refractivity contribution in [2.45, 2.75) is 53.1 Å². The lowest BCUT2D eigenvalue weighted by atomic mass is 10.1. The average Bonchev–Trinajstić information content (AvgIpc) is 3.12. The first-order valence-corrected chi connectivity index (χ1v) is 9.29. The number of hydrogen-bond acceptors (Lipinski definition) is 4. The number of benzene rings is 1. The van der Waals surface area contributed by atoms with Gasteiger partial charge in [-0.15, -0.1) is 0 Å². The molecule has 1 N–H and O–H groups in total. The molecule has 0 aliphatic carbocycles. The minimum Gasteiger partial charge on any atom is -0.352 e. The predicted molar refractivity (Wildman–Crippen MR) is 105 cm³/mol. The van der Waals surface area contributed by atoms with E-state index in [0.717, 1.165) is 18.4 Å². The van der Waals surface area contributed by atoms with Crippen molar-refractivity contribution in [1.29, 1.82) is 0 Å². The van der Waals surface area contributed by atoms with E-state index < -0.39 is 0 Å². The molecule has 0 aliphatic rings. The van der Waals surface area contributed by atoms with Crippen molar-refractivity contribution in [2.24, 2.45) is 0 Å². The third-order valence-electron chi connectivity index (χ3n) is 4.71. The van der Waals surface area contributed by atoms with Gasteiger partial charge in [0.05, 0.1) is 5.69 Å². The van der Waals surface area contributed by atoms with Gasteiger partial charge in [-0.3, -0.25) is 9.59 Å². The van der Waals surface area contributed by atoms with Crippen LogP contribution >= 0.6 is 0 Å². The first-order valence-electron chi connectivity index (χ1n) is 9.29. The minimum atomic E-state index is -0.330. The highest BCUT2D eigenvalue weighted by Gasteiger charge is 2.15. The number of carbonyl (C=O) groups excluding carboxylic acids is 1. The molecule has 1 amide bonds. The summed E-state index contributed by atoms with van der Waals surface area (Å²) in [7, 11) is 0. The zero-order valence-corrected chi connectivity index (χ0v) is 16.2. The van der Waals surface area contributed by atoms with Gasteiger partial charge in [0.1, 0.15) is 17.9 Å². The molecule has 0 aliphatic heterocycles. The van der Waals surface area contributed by atoms with Crippen LogP contribution in [0.25, 0.3) is 16.8 Å². The van der Waals surface area contributed by atoms with Crippen LogP contribution in [0.1, 0.15) is 38.6 Å². The van der Waals surface area contributed by atoms with Crippen LogP contribution in [0.2, 0.25) is 0 Å². The molecule has 7 nitrogen and oxygen atoms in total. The zero-order valence-electron chi connectivity index (χ0n) is 16.2. The number of nitrogens with zero attached hydrogens (tertiary/aromatic N) is 4. The number of rotatable bonds is 6. The van der Waals surface area contributed by atoms with Crippen molar-refractivity contribution < 1.29 is 4.79 Å². The van der Waals surface area contributed by atoms with Crippen LogP contribution in [0.3, 0.4) is 0 Å². The summed E-state index contributed by atoms with van der Waals surface area (Å²) in [6.45, 7) is 7.69. The van der Waals surface area contributed by atoms with E-state index in [4.69, 9.17) is 0 Å². The topological polar surface area (TPSA) is 81.3 Å². The van der Waals surface area contributed by atoms with Gasteiger partial charge in [0.15, 0.2) is 0 Å². The maximum absolute atomic E-state index is 12.8. The summed E-state index contributed by atoms with van der Waals surface area (Å²) >= 11 is 0. The van der Waals surface area contributed by atoms with Crippen molar-refractivity contribution in [3.05, 3.63) is 52.1 Å². The summed E-state index contributed by atoms with van der Waals surface area (Å²) in [5.41, 5.74) is 2.98. The molecule has 27 heavy (non-hydrogen) atoms. The Morgan fingerprint density at radius 1 is 1.19 bits per heavy atom. The first kappa shape index (κ1) is 18.8. The second-order valence-electron chi connectivity index (χ2n) is 6.76. The number of aryl methyl sites for hydroxylation is 2. The number of nitrogens with one attached hydrogen (secondary N) is 1. The molecular weight excluding hydrogens is 342 g/mol. The van der Waals surface area contributed by atoms with Crippen molar-refractivity contribution >= 4 is 11.4 Å². The summed E-state index contributed by atoms with van der Waals surface area (Å²) in [4.78, 5) is 24.9. The highest BCUT2D eigenvalue weighted by Crippen LogP contribution is 2.19. The molecule has 7 heteroatoms. The third kappa shape index (κ3) is 3.92. The van der Waals surface area contributed by atoms with Gasteiger partial charge in [0.25, 0.3) is 5.56 Å². The SMILES string of the molecule is CCc1ccc(-c2cc3c(=O)n(CC(=O)NC(C)CC)nc(C)n3n2)cc1. The molecule has 1 atom stereocenters. The number of amides is 1. The minimum absolute atomic E-state index is 0.0608. The Kier molecular flexibility index (Phi) is 5.39. The molecule has 1 unspecified atom stereocenters. The Morgan fingerprint density at radius 2 is 1.89 bits per heavy atom. The van der Waals surface area contributed by atoms with E-state index in [1.54, 1.807) is 13.0 Å². The van der Waals surface area contributed by atoms with Crippen LogP contribution in [0, 0.1) is 6.92 Å². The van der Waals surface area contributed by atoms with E-state index in [2.05, 4.69) is 34.6 Å². The highest BCUT2D eigenvalue weighted by molar-refractivity contribution is 5.76. The van der Waals surface area contributed by atoms with Crippen molar-refractivity contribution in [2.75, 3.05) is 0 Å². The van der Waals surface area contributed by atoms with Gasteiger partial charge in [-0.1, -0.05) is 38.1 Å². The smallest absolute Gasteiger partial charge is 0.293 e. The third-order valence-corrected chi connectivity index (χ3v) is 4.71. The lowest BCUT2D eigenvalue weighted by molar-refractivity contribution is -0.122. The largest absolute Gasteiger partial charge is 0.352 e. The van der Waals surface area contributed by atoms with E-state index >= 15 is 0 Å². The Bertz CT molecular complexity index is 1020. The fourth-order valence-corrected chi connectivity index (χ4v) is 2.89. The fraction of sp³-hybridized carbons (Fsp3) is 0.400. The highest BCUT2D eigenvalue weighted by atomic mass is 16.2. The maximum atomic E-state index is 12.8. The molecule has 0 radical (unpaired) electrons. The molecule has 0 saturated carbocycles. The predicted octanol–water partition coefficient (Wildman–Crippen LogP) is 2.34. The van der Waals surface area contributed by atoms with Gasteiger partial charge in [-0.2, -0.15) is 10.2 Å². The van der Waals surface area contributed by atoms with E-state index in [0.29, 0.717) is 17.0 Å². The Balaban J connectivity index is 1.96. The van der Waals surface area contributed by atoms with Crippen molar-refractivity contribution in [3.8, 4) is 11.3 Å². The molecule has 3 aromatic rings. The number of aromatic nitrogens is 4. The first-order chi connectivity index (χ1) is 12.9. The van der Waals surface area contributed by atoms with Crippen LogP contribution in [0.15, 0.2) is 35.1 Å². The van der Waals surface area contributed by atoms with Crippen molar-refractivity contribution in [1.82, 2.24) is 24.7 Å². The summed E-state index contributed by atoms with van der Waals surface area (Å²) in [5.74, 6) is 0.329. The molecule has 0 bridgehead atoms. The monoisotopic (exact) mass is 367 g/mol. The van der Waals surface area contributed by atoms with Gasteiger partial charge < -0.3 is 5.32 Å². The second-order valence-corrected chi connectivity index (χ2v) is 6.76. The summed E-state index contributed by atoms with van der Waals surface area (Å²) in [6.07, 6.45) is 1.80. The van der Waals surface area contributed by atoms with E-state index in [1.165, 1.54) is 14.8 Å². The van der Waals surface area contributed by atoms with E-state index in [-0.39, 0.29) is 24.1 Å². The summed E-state index contributed by atoms with van der Waals surface area (Å²) in [6, 6.07) is 9.93. The van der Waals surface area contributed by atoms with Crippen LogP contribution in [-0.4, -0.2) is 31.3 Å². The quantitative estimate of drug-likeness (QED) is 0.725.